The lowest BCUT2D eigenvalue weighted by molar-refractivity contribution is -0.536. The molecule has 0 aromatic heterocycles. The van der Waals surface area contributed by atoms with Gasteiger partial charge in [0.1, 0.15) is 17.8 Å². The van der Waals surface area contributed by atoms with Crippen molar-refractivity contribution in [3.8, 4) is 0 Å². The largest absolute Gasteiger partial charge is 0.375 e. The summed E-state index contributed by atoms with van der Waals surface area (Å²) in [7, 11) is -2.32. The van der Waals surface area contributed by atoms with Gasteiger partial charge in [-0.2, -0.15) is 0 Å². The van der Waals surface area contributed by atoms with Gasteiger partial charge in [0.25, 0.3) is 0 Å². The van der Waals surface area contributed by atoms with Crippen LogP contribution in [0.2, 0.25) is 0 Å². The van der Waals surface area contributed by atoms with Crippen LogP contribution in [0.15, 0.2) is 0 Å². The quantitative estimate of drug-likeness (QED) is 0.142. The second-order valence-electron chi connectivity index (χ2n) is 14.1. The molecule has 17 heteroatoms. The van der Waals surface area contributed by atoms with Gasteiger partial charge in [0.2, 0.25) is 6.04 Å². The van der Waals surface area contributed by atoms with E-state index in [-0.39, 0.29) is 61.8 Å². The molecule has 2 saturated carbocycles. The van der Waals surface area contributed by atoms with Gasteiger partial charge in [-0.3, -0.25) is 36.4 Å². The lowest BCUT2D eigenvalue weighted by Crippen LogP contribution is -2.74. The van der Waals surface area contributed by atoms with E-state index in [9.17, 15) is 18.5 Å². The number of thioether (sulfide) groups is 1. The van der Waals surface area contributed by atoms with E-state index in [2.05, 4.69) is 38.6 Å². The van der Waals surface area contributed by atoms with Crippen molar-refractivity contribution in [2.45, 2.75) is 148 Å². The summed E-state index contributed by atoms with van der Waals surface area (Å²) in [6, 6.07) is -1.04. The molecule has 5 fully saturated rings. The number of nitrogens with one attached hydrogen (secondary N) is 5. The molecule has 13 nitrogen and oxygen atoms in total. The maximum atomic E-state index is 15.9. The molecule has 5 rings (SSSR count). The van der Waals surface area contributed by atoms with Crippen LogP contribution in [0.25, 0.3) is 0 Å². The molecule has 3 aliphatic heterocycles. The molecule has 3 saturated heterocycles. The molecule has 260 valence electrons. The normalized spacial score (nSPS) is 43.8. The summed E-state index contributed by atoms with van der Waals surface area (Å²) >= 11 is 1.42. The number of nitrogens with two attached hydrogens (primary N) is 1. The number of ether oxygens (including phenoxy) is 1. The zero-order valence-corrected chi connectivity index (χ0v) is 28.3. The Bertz CT molecular complexity index is 1140. The highest BCUT2D eigenvalue weighted by Gasteiger charge is 2.55. The van der Waals surface area contributed by atoms with Crippen LogP contribution < -0.4 is 32.5 Å². The zero-order valence-electron chi connectivity index (χ0n) is 26.7. The maximum absolute atomic E-state index is 15.9. The van der Waals surface area contributed by atoms with E-state index in [1.54, 1.807) is 7.11 Å². The fraction of sp³-hybridized carbons (Fsp3) is 1.00. The minimum Gasteiger partial charge on any atom is -0.375 e. The van der Waals surface area contributed by atoms with E-state index in [1.807, 2.05) is 0 Å². The van der Waals surface area contributed by atoms with Crippen LogP contribution in [0.3, 0.4) is 0 Å². The number of halogens is 2. The van der Waals surface area contributed by atoms with E-state index in [0.717, 1.165) is 25.9 Å². The Morgan fingerprint density at radius 2 is 1.87 bits per heavy atom. The maximum Gasteiger partial charge on any atom is 0.244 e. The summed E-state index contributed by atoms with van der Waals surface area (Å²) < 4.78 is 63.5. The summed E-state index contributed by atoms with van der Waals surface area (Å²) in [6.07, 6.45) is -1.04. The number of hydrazine groups is 1. The van der Waals surface area contributed by atoms with E-state index in [0.29, 0.717) is 18.9 Å². The molecule has 45 heavy (non-hydrogen) atoms. The molecule has 5 aliphatic rings. The van der Waals surface area contributed by atoms with E-state index in [4.69, 9.17) is 10.5 Å². The number of rotatable bonds is 10. The van der Waals surface area contributed by atoms with E-state index in [1.165, 1.54) is 25.6 Å². The van der Waals surface area contributed by atoms with Crippen LogP contribution in [-0.2, 0) is 14.6 Å². The first-order valence-electron chi connectivity index (χ1n) is 16.3. The van der Waals surface area contributed by atoms with Gasteiger partial charge in [-0.05, 0) is 65.7 Å². The Morgan fingerprint density at radius 3 is 2.47 bits per heavy atom. The first-order valence-corrected chi connectivity index (χ1v) is 18.8. The molecule has 0 aromatic carbocycles. The molecule has 0 radical (unpaired) electrons. The molecule has 2 aliphatic carbocycles. The van der Waals surface area contributed by atoms with Crippen molar-refractivity contribution in [3.05, 3.63) is 10.1 Å². The van der Waals surface area contributed by atoms with Gasteiger partial charge in [-0.25, -0.2) is 22.6 Å². The summed E-state index contributed by atoms with van der Waals surface area (Å²) in [5.74, 6) is -1.01. The van der Waals surface area contributed by atoms with Gasteiger partial charge in [0.05, 0.1) is 28.5 Å². The fourth-order valence-electron chi connectivity index (χ4n) is 8.04. The average Bonchev–Trinajstić information content (AvgIpc) is 3.60. The molecule has 0 bridgehead atoms. The van der Waals surface area contributed by atoms with E-state index >= 15 is 8.78 Å². The van der Waals surface area contributed by atoms with Crippen LogP contribution in [-0.4, -0.2) is 114 Å². The topological polar surface area (TPSA) is 176 Å². The van der Waals surface area contributed by atoms with Crippen molar-refractivity contribution in [2.24, 2.45) is 11.7 Å². The molecule has 7 N–H and O–H groups in total. The summed E-state index contributed by atoms with van der Waals surface area (Å²) in [5.41, 5.74) is 12.4. The van der Waals surface area contributed by atoms with Gasteiger partial charge in [0.15, 0.2) is 16.0 Å². The number of nitro groups is 1. The number of likely N-dealkylation sites (tertiary alicyclic amines) is 1. The molecular formula is C28H52F2N8O5S2. The Hall–Kier alpha value is -0.760. The average molecular weight is 683 g/mol. The summed E-state index contributed by atoms with van der Waals surface area (Å²) in [5, 5.41) is 20.8. The van der Waals surface area contributed by atoms with Crippen LogP contribution in [0.5, 0.6) is 0 Å². The van der Waals surface area contributed by atoms with Gasteiger partial charge >= 0.3 is 0 Å². The predicted molar refractivity (Wildman–Crippen MR) is 170 cm³/mol. The van der Waals surface area contributed by atoms with Crippen LogP contribution in [0, 0.1) is 16.0 Å². The minimum absolute atomic E-state index is 0.00651. The van der Waals surface area contributed by atoms with Gasteiger partial charge in [-0.15, -0.1) is 11.8 Å². The van der Waals surface area contributed by atoms with Crippen LogP contribution >= 0.6 is 11.8 Å². The van der Waals surface area contributed by atoms with Crippen molar-refractivity contribution in [1.82, 2.24) is 31.7 Å². The Morgan fingerprint density at radius 1 is 1.11 bits per heavy atom. The molecular weight excluding hydrogens is 630 g/mol. The number of hydrogen-bond acceptors (Lipinski definition) is 13. The zero-order chi connectivity index (χ0) is 32.7. The van der Waals surface area contributed by atoms with Crippen molar-refractivity contribution in [2.75, 3.05) is 20.2 Å². The van der Waals surface area contributed by atoms with Crippen molar-refractivity contribution in [1.29, 1.82) is 0 Å². The van der Waals surface area contributed by atoms with Crippen LogP contribution in [0.1, 0.15) is 72.1 Å². The first kappa shape index (κ1) is 35.5. The van der Waals surface area contributed by atoms with Gasteiger partial charge in [0, 0.05) is 54.8 Å². The van der Waals surface area contributed by atoms with Crippen LogP contribution in [0.4, 0.5) is 8.78 Å². The highest BCUT2D eigenvalue weighted by molar-refractivity contribution is 8.00. The number of alkyl halides is 2. The smallest absolute Gasteiger partial charge is 0.244 e. The number of methoxy groups -OCH3 is 1. The summed E-state index contributed by atoms with van der Waals surface area (Å²) in [6.45, 7) is 6.56. The van der Waals surface area contributed by atoms with Crippen molar-refractivity contribution in [3.63, 3.8) is 0 Å². The Balaban J connectivity index is 1.25. The SMILES string of the molecule is COC1C(NC2CC(C)NN2)NC(SC2CCC(S(=O)(=O)C(C)(C)C3CCCC([N+](=O)[O-])C3F)CC2F)NC1N1CCC(N)C1. The molecule has 0 spiro atoms. The van der Waals surface area contributed by atoms with Crippen molar-refractivity contribution >= 4 is 21.6 Å². The highest BCUT2D eigenvalue weighted by atomic mass is 32.2. The first-order chi connectivity index (χ1) is 21.2. The number of nitrogens with zero attached hydrogens (tertiary/aromatic N) is 2. The Kier molecular flexibility index (Phi) is 11.4. The third kappa shape index (κ3) is 7.47. The third-order valence-electron chi connectivity index (χ3n) is 10.8. The molecule has 0 aromatic rings. The fourth-order valence-corrected chi connectivity index (χ4v) is 11.8. The molecule has 13 atom stereocenters. The van der Waals surface area contributed by atoms with Gasteiger partial charge < -0.3 is 10.5 Å². The second-order valence-corrected chi connectivity index (χ2v) is 18.3. The van der Waals surface area contributed by atoms with Gasteiger partial charge in [-0.1, -0.05) is 0 Å². The minimum atomic E-state index is -4.00. The number of hydrogen-bond donors (Lipinski definition) is 6. The highest BCUT2D eigenvalue weighted by Crippen LogP contribution is 2.45. The molecule has 0 amide bonds. The standard InChI is InChI=1S/C28H52F2N8O5S2/c1-15-12-22(36-35-15)32-25-24(43-4)26(37-11-10-16(31)14-37)34-27(33-25)44-21-9-8-17(13-19(21)29)45(41,42)28(2,3)18-6-5-7-20(23(18)30)38(39)40/h15-27,32-36H,5-14,31H2,1-4H3. The molecule has 3 heterocycles. The van der Waals surface area contributed by atoms with E-state index < -0.39 is 54.3 Å². The third-order valence-corrected chi connectivity index (χ3v) is 15.3. The number of sulfone groups is 1. The molecule has 13 unspecified atom stereocenters. The lowest BCUT2D eigenvalue weighted by Gasteiger charge is -2.48. The van der Waals surface area contributed by atoms with Crippen molar-refractivity contribution < 1.29 is 26.9 Å². The summed E-state index contributed by atoms with van der Waals surface area (Å²) in [4.78, 5) is 13.1. The monoisotopic (exact) mass is 682 g/mol. The Labute approximate surface area is 269 Å². The predicted octanol–water partition coefficient (Wildman–Crippen LogP) is 0.934. The second kappa shape index (κ2) is 14.4. The lowest BCUT2D eigenvalue weighted by atomic mass is 9.77.